The Morgan fingerprint density at radius 3 is 1.90 bits per heavy atom. The van der Waals surface area contributed by atoms with Crippen LogP contribution in [0.4, 0.5) is 4.79 Å². The first-order chi connectivity index (χ1) is 15.1. The van der Waals surface area contributed by atoms with Crippen molar-refractivity contribution < 1.29 is 14.0 Å². The van der Waals surface area contributed by atoms with Crippen molar-refractivity contribution in [2.45, 2.75) is 90.6 Å². The molecule has 1 aromatic rings. The third kappa shape index (κ3) is 11.0. The lowest BCUT2D eigenvalue weighted by molar-refractivity contribution is -0.913. The molecule has 1 aliphatic heterocycles. The van der Waals surface area contributed by atoms with E-state index in [0.29, 0.717) is 6.61 Å². The maximum absolute atomic E-state index is 12.4. The van der Waals surface area contributed by atoms with E-state index in [9.17, 15) is 4.79 Å². The van der Waals surface area contributed by atoms with Crippen molar-refractivity contribution in [1.82, 2.24) is 4.90 Å². The highest BCUT2D eigenvalue weighted by Crippen LogP contribution is 2.16. The number of likely N-dealkylation sites (N-methyl/N-ethyl adjacent to an activating group) is 1. The van der Waals surface area contributed by atoms with Crippen LogP contribution in [-0.2, 0) is 11.3 Å². The van der Waals surface area contributed by atoms with Crippen LogP contribution in [0, 0.1) is 0 Å². The third-order valence-corrected chi connectivity index (χ3v) is 6.83. The summed E-state index contributed by atoms with van der Waals surface area (Å²) in [7, 11) is 2.35. The molecule has 0 unspecified atom stereocenters. The summed E-state index contributed by atoms with van der Waals surface area (Å²) in [5.41, 5.74) is 1.04. The molecule has 4 nitrogen and oxygen atoms in total. The summed E-state index contributed by atoms with van der Waals surface area (Å²) >= 11 is 0. The minimum absolute atomic E-state index is 0.166. The van der Waals surface area contributed by atoms with Crippen LogP contribution in [0.15, 0.2) is 30.3 Å². The third-order valence-electron chi connectivity index (χ3n) is 6.83. The topological polar surface area (TPSA) is 29.5 Å². The van der Waals surface area contributed by atoms with Crippen LogP contribution >= 0.6 is 0 Å². The zero-order valence-corrected chi connectivity index (χ0v) is 20.3. The minimum atomic E-state index is -0.166. The molecule has 0 aliphatic carbocycles. The Morgan fingerprint density at radius 1 is 0.839 bits per heavy atom. The zero-order chi connectivity index (χ0) is 22.2. The Hall–Kier alpha value is -1.55. The largest absolute Gasteiger partial charge is 0.445 e. The van der Waals surface area contributed by atoms with Crippen LogP contribution in [0.5, 0.6) is 0 Å². The first kappa shape index (κ1) is 25.7. The van der Waals surface area contributed by atoms with Gasteiger partial charge in [0.25, 0.3) is 0 Å². The summed E-state index contributed by atoms with van der Waals surface area (Å²) < 4.78 is 6.59. The van der Waals surface area contributed by atoms with Crippen molar-refractivity contribution in [3.8, 4) is 0 Å². The van der Waals surface area contributed by atoms with Gasteiger partial charge in [0.15, 0.2) is 0 Å². The van der Waals surface area contributed by atoms with Gasteiger partial charge in [0, 0.05) is 0 Å². The molecule has 1 amide bonds. The highest BCUT2D eigenvalue weighted by molar-refractivity contribution is 5.67. The number of piperazine rings is 1. The summed E-state index contributed by atoms with van der Waals surface area (Å²) in [6.45, 7) is 7.58. The smallest absolute Gasteiger partial charge is 0.410 e. The van der Waals surface area contributed by atoms with Crippen LogP contribution in [0.2, 0.25) is 0 Å². The molecule has 1 fully saturated rings. The molecule has 0 N–H and O–H groups in total. The van der Waals surface area contributed by atoms with E-state index in [1.807, 2.05) is 35.2 Å². The van der Waals surface area contributed by atoms with Crippen molar-refractivity contribution in [2.24, 2.45) is 0 Å². The van der Waals surface area contributed by atoms with Gasteiger partial charge in [0.05, 0.1) is 39.8 Å². The van der Waals surface area contributed by atoms with E-state index in [1.54, 1.807) is 0 Å². The monoisotopic (exact) mass is 431 g/mol. The van der Waals surface area contributed by atoms with Gasteiger partial charge in [0.1, 0.15) is 6.61 Å². The predicted molar refractivity (Wildman–Crippen MR) is 130 cm³/mol. The lowest BCUT2D eigenvalue weighted by Gasteiger charge is -2.41. The van der Waals surface area contributed by atoms with Gasteiger partial charge < -0.3 is 9.22 Å². The molecule has 0 bridgehead atoms. The minimum Gasteiger partial charge on any atom is -0.445 e. The van der Waals surface area contributed by atoms with E-state index < -0.39 is 0 Å². The highest BCUT2D eigenvalue weighted by Gasteiger charge is 2.31. The molecule has 1 aromatic carbocycles. The number of carbonyl (C=O) groups excluding carboxylic acids is 1. The molecule has 176 valence electrons. The number of quaternary nitrogens is 1. The highest BCUT2D eigenvalue weighted by atomic mass is 16.6. The molecular formula is C27H47N2O2+. The molecule has 0 spiro atoms. The van der Waals surface area contributed by atoms with Gasteiger partial charge in [-0.25, -0.2) is 4.79 Å². The fourth-order valence-electron chi connectivity index (χ4n) is 4.50. The second-order valence-corrected chi connectivity index (χ2v) is 9.71. The standard InChI is InChI=1S/C27H47N2O2/c1-3-4-5-6-7-8-9-10-11-12-13-17-22-29(2)23-20-28(21-24-29)27(30)31-25-26-18-15-14-16-19-26/h14-16,18-19H,3-13,17,20-25H2,1-2H3/q+1. The van der Waals surface area contributed by atoms with Gasteiger partial charge in [0.2, 0.25) is 0 Å². The molecule has 1 saturated heterocycles. The second kappa shape index (κ2) is 15.3. The number of ether oxygens (including phenoxy) is 1. The first-order valence-corrected chi connectivity index (χ1v) is 12.9. The van der Waals surface area contributed by atoms with E-state index in [2.05, 4.69) is 14.0 Å². The number of amides is 1. The maximum Gasteiger partial charge on any atom is 0.410 e. The van der Waals surface area contributed by atoms with Crippen LogP contribution in [0.1, 0.15) is 89.5 Å². The van der Waals surface area contributed by atoms with Gasteiger partial charge in [-0.05, 0) is 18.4 Å². The van der Waals surface area contributed by atoms with E-state index in [4.69, 9.17) is 4.74 Å². The summed E-state index contributed by atoms with van der Waals surface area (Å²) in [5.74, 6) is 0. The van der Waals surface area contributed by atoms with E-state index in [-0.39, 0.29) is 6.09 Å². The Morgan fingerprint density at radius 2 is 1.35 bits per heavy atom. The molecule has 1 aliphatic rings. The number of hydrogen-bond donors (Lipinski definition) is 0. The molecule has 0 radical (unpaired) electrons. The van der Waals surface area contributed by atoms with Crippen molar-refractivity contribution in [3.63, 3.8) is 0 Å². The molecule has 31 heavy (non-hydrogen) atoms. The van der Waals surface area contributed by atoms with E-state index in [0.717, 1.165) is 36.2 Å². The van der Waals surface area contributed by atoms with Gasteiger partial charge in [-0.15, -0.1) is 0 Å². The summed E-state index contributed by atoms with van der Waals surface area (Å²) in [5, 5.41) is 0. The fraction of sp³-hybridized carbons (Fsp3) is 0.741. The van der Waals surface area contributed by atoms with E-state index >= 15 is 0 Å². The Kier molecular flexibility index (Phi) is 12.7. The van der Waals surface area contributed by atoms with Crippen molar-refractivity contribution in [2.75, 3.05) is 39.8 Å². The first-order valence-electron chi connectivity index (χ1n) is 12.9. The lowest BCUT2D eigenvalue weighted by Crippen LogP contribution is -2.58. The molecule has 4 heteroatoms. The van der Waals surface area contributed by atoms with Crippen molar-refractivity contribution in [1.29, 1.82) is 0 Å². The molecule has 0 atom stereocenters. The summed E-state index contributed by atoms with van der Waals surface area (Å²) in [4.78, 5) is 14.2. The number of nitrogens with zero attached hydrogens (tertiary/aromatic N) is 2. The van der Waals surface area contributed by atoms with Crippen LogP contribution in [-0.4, -0.2) is 55.2 Å². The Labute approximate surface area is 191 Å². The maximum atomic E-state index is 12.4. The number of unbranched alkanes of at least 4 members (excludes halogenated alkanes) is 11. The number of benzene rings is 1. The van der Waals surface area contributed by atoms with Crippen LogP contribution < -0.4 is 0 Å². The number of carbonyl (C=O) groups is 1. The number of rotatable bonds is 15. The van der Waals surface area contributed by atoms with Gasteiger partial charge >= 0.3 is 6.09 Å². The Bertz CT molecular complexity index is 582. The van der Waals surface area contributed by atoms with E-state index in [1.165, 1.54) is 83.6 Å². The molecule has 2 rings (SSSR count). The summed E-state index contributed by atoms with van der Waals surface area (Å²) in [6, 6.07) is 9.91. The van der Waals surface area contributed by atoms with Gasteiger partial charge in [-0.2, -0.15) is 0 Å². The normalized spacial score (nSPS) is 15.7. The molecular weight excluding hydrogens is 384 g/mol. The predicted octanol–water partition coefficient (Wildman–Crippen LogP) is 6.79. The van der Waals surface area contributed by atoms with Gasteiger partial charge in [-0.1, -0.05) is 101 Å². The molecule has 0 saturated carbocycles. The zero-order valence-electron chi connectivity index (χ0n) is 20.3. The quantitative estimate of drug-likeness (QED) is 0.226. The van der Waals surface area contributed by atoms with Crippen LogP contribution in [0.25, 0.3) is 0 Å². The average molecular weight is 432 g/mol. The van der Waals surface area contributed by atoms with Crippen molar-refractivity contribution >= 4 is 6.09 Å². The Balaban J connectivity index is 1.46. The van der Waals surface area contributed by atoms with Gasteiger partial charge in [-0.3, -0.25) is 4.90 Å². The lowest BCUT2D eigenvalue weighted by atomic mass is 10.0. The average Bonchev–Trinajstić information content (AvgIpc) is 2.79. The van der Waals surface area contributed by atoms with Crippen LogP contribution in [0.3, 0.4) is 0 Å². The fourth-order valence-corrected chi connectivity index (χ4v) is 4.50. The van der Waals surface area contributed by atoms with Crippen molar-refractivity contribution in [3.05, 3.63) is 35.9 Å². The number of hydrogen-bond acceptors (Lipinski definition) is 2. The summed E-state index contributed by atoms with van der Waals surface area (Å²) in [6.07, 6.45) is 16.6. The SMILES string of the molecule is CCCCCCCCCCCCCC[N+]1(C)CCN(C(=O)OCc2ccccc2)CC1. The second-order valence-electron chi connectivity index (χ2n) is 9.71. The molecule has 1 heterocycles. The molecule has 0 aromatic heterocycles.